The molecule has 0 heterocycles. The molecule has 1 nitrogen and oxygen atoms in total. The minimum Gasteiger partial charge on any atom is -0.299 e. The zero-order valence-electron chi connectivity index (χ0n) is 7.36. The lowest BCUT2D eigenvalue weighted by Gasteiger charge is -2.08. The zero-order chi connectivity index (χ0) is 9.90. The van der Waals surface area contributed by atoms with Crippen LogP contribution in [0.5, 0.6) is 0 Å². The fourth-order valence-electron chi connectivity index (χ4n) is 1.74. The normalized spacial score (nSPS) is 23.9. The maximum atomic E-state index is 11.7. The highest BCUT2D eigenvalue weighted by atomic mass is 19.4. The summed E-state index contributed by atoms with van der Waals surface area (Å²) in [6, 6.07) is 0. The third kappa shape index (κ3) is 3.79. The van der Waals surface area contributed by atoms with E-state index in [2.05, 4.69) is 0 Å². The number of Topliss-reactive ketones (excluding diaryl/α,β-unsaturated/α-hetero) is 1. The van der Waals surface area contributed by atoms with Crippen molar-refractivity contribution in [2.45, 2.75) is 44.7 Å². The van der Waals surface area contributed by atoms with E-state index in [1.807, 2.05) is 0 Å². The lowest BCUT2D eigenvalue weighted by molar-refractivity contribution is -0.137. The van der Waals surface area contributed by atoms with Gasteiger partial charge in [-0.2, -0.15) is 13.2 Å². The highest BCUT2D eigenvalue weighted by Crippen LogP contribution is 2.29. The predicted octanol–water partition coefficient (Wildman–Crippen LogP) is 3.09. The first-order valence-electron chi connectivity index (χ1n) is 4.58. The molecule has 0 spiro atoms. The highest BCUT2D eigenvalue weighted by Gasteiger charge is 2.29. The van der Waals surface area contributed by atoms with Gasteiger partial charge in [-0.15, -0.1) is 0 Å². The van der Waals surface area contributed by atoms with Gasteiger partial charge in [0.05, 0.1) is 0 Å². The molecule has 1 atom stereocenters. The van der Waals surface area contributed by atoms with Crippen molar-refractivity contribution in [3.63, 3.8) is 0 Å². The van der Waals surface area contributed by atoms with Gasteiger partial charge in [-0.05, 0) is 25.7 Å². The Hall–Kier alpha value is -0.540. The van der Waals surface area contributed by atoms with E-state index < -0.39 is 12.6 Å². The fraction of sp³-hybridized carbons (Fsp3) is 0.889. The summed E-state index contributed by atoms with van der Waals surface area (Å²) in [6.07, 6.45) is -2.10. The topological polar surface area (TPSA) is 17.1 Å². The molecular weight excluding hydrogens is 181 g/mol. The van der Waals surface area contributed by atoms with E-state index in [4.69, 9.17) is 0 Å². The van der Waals surface area contributed by atoms with E-state index in [0.29, 0.717) is 12.8 Å². The summed E-state index contributed by atoms with van der Waals surface area (Å²) in [5.74, 6) is 0.0736. The molecule has 0 aromatic heterocycles. The highest BCUT2D eigenvalue weighted by molar-refractivity contribution is 5.82. The summed E-state index contributed by atoms with van der Waals surface area (Å²) in [7, 11) is 0. The van der Waals surface area contributed by atoms with Crippen molar-refractivity contribution in [3.8, 4) is 0 Å². The molecule has 0 radical (unpaired) electrons. The van der Waals surface area contributed by atoms with Crippen LogP contribution < -0.4 is 0 Å². The van der Waals surface area contributed by atoms with Crippen LogP contribution in [0.15, 0.2) is 0 Å². The number of alkyl halides is 3. The Morgan fingerprint density at radius 3 is 2.54 bits per heavy atom. The Balaban J connectivity index is 2.16. The van der Waals surface area contributed by atoms with Gasteiger partial charge < -0.3 is 0 Å². The van der Waals surface area contributed by atoms with Gasteiger partial charge in [0.25, 0.3) is 0 Å². The lowest BCUT2D eigenvalue weighted by atomic mass is 10.00. The van der Waals surface area contributed by atoms with E-state index in [0.717, 1.165) is 12.8 Å². The molecule has 0 aromatic carbocycles. The SMILES string of the molecule is O=C1CCCC1CCCC(F)(F)F. The van der Waals surface area contributed by atoms with Gasteiger partial charge in [-0.3, -0.25) is 4.79 Å². The lowest BCUT2D eigenvalue weighted by Crippen LogP contribution is -2.10. The summed E-state index contributed by atoms with van der Waals surface area (Å²) in [5, 5.41) is 0. The first kappa shape index (κ1) is 10.5. The first-order chi connectivity index (χ1) is 5.99. The van der Waals surface area contributed by atoms with E-state index >= 15 is 0 Å². The maximum Gasteiger partial charge on any atom is 0.389 e. The molecule has 0 bridgehead atoms. The molecule has 1 unspecified atom stereocenters. The molecule has 1 aliphatic carbocycles. The average Bonchev–Trinajstić information content (AvgIpc) is 2.34. The third-order valence-electron chi connectivity index (χ3n) is 2.44. The van der Waals surface area contributed by atoms with Crippen LogP contribution in [0, 0.1) is 5.92 Å². The van der Waals surface area contributed by atoms with Gasteiger partial charge in [0.1, 0.15) is 5.78 Å². The number of rotatable bonds is 3. The Kier molecular flexibility index (Phi) is 3.33. The van der Waals surface area contributed by atoms with Gasteiger partial charge >= 0.3 is 6.18 Å². The van der Waals surface area contributed by atoms with Crippen LogP contribution in [-0.4, -0.2) is 12.0 Å². The number of carbonyl (C=O) groups is 1. The van der Waals surface area contributed by atoms with E-state index in [9.17, 15) is 18.0 Å². The number of ketones is 1. The van der Waals surface area contributed by atoms with Crippen LogP contribution in [0.3, 0.4) is 0 Å². The standard InChI is InChI=1S/C9H13F3O/c10-9(11,12)6-2-4-7-3-1-5-8(7)13/h7H,1-6H2. The average molecular weight is 194 g/mol. The Morgan fingerprint density at radius 1 is 1.38 bits per heavy atom. The quantitative estimate of drug-likeness (QED) is 0.674. The molecule has 0 aromatic rings. The molecule has 1 rings (SSSR count). The van der Waals surface area contributed by atoms with Crippen molar-refractivity contribution in [2.75, 3.05) is 0 Å². The first-order valence-corrected chi connectivity index (χ1v) is 4.58. The van der Waals surface area contributed by atoms with Crippen molar-refractivity contribution in [1.29, 1.82) is 0 Å². The van der Waals surface area contributed by atoms with Crippen LogP contribution in [-0.2, 0) is 4.79 Å². The minimum atomic E-state index is -4.07. The van der Waals surface area contributed by atoms with Crippen molar-refractivity contribution in [2.24, 2.45) is 5.92 Å². The van der Waals surface area contributed by atoms with Crippen LogP contribution in [0.25, 0.3) is 0 Å². The number of hydrogen-bond acceptors (Lipinski definition) is 1. The summed E-state index contributed by atoms with van der Waals surface area (Å²) in [5.41, 5.74) is 0. The van der Waals surface area contributed by atoms with Crippen LogP contribution in [0.4, 0.5) is 13.2 Å². The summed E-state index contributed by atoms with van der Waals surface area (Å²) >= 11 is 0. The van der Waals surface area contributed by atoms with Gasteiger partial charge in [0.2, 0.25) is 0 Å². The van der Waals surface area contributed by atoms with Gasteiger partial charge in [0, 0.05) is 18.8 Å². The molecule has 13 heavy (non-hydrogen) atoms. The smallest absolute Gasteiger partial charge is 0.299 e. The summed E-state index contributed by atoms with van der Waals surface area (Å²) in [4.78, 5) is 11.0. The molecule has 0 amide bonds. The zero-order valence-corrected chi connectivity index (χ0v) is 7.36. The number of halogens is 3. The van der Waals surface area contributed by atoms with Crippen molar-refractivity contribution in [1.82, 2.24) is 0 Å². The Labute approximate surface area is 75.3 Å². The van der Waals surface area contributed by atoms with E-state index in [1.54, 1.807) is 0 Å². The third-order valence-corrected chi connectivity index (χ3v) is 2.44. The molecule has 0 aliphatic heterocycles. The monoisotopic (exact) mass is 194 g/mol. The molecule has 1 saturated carbocycles. The molecule has 1 aliphatic rings. The second-order valence-corrected chi connectivity index (χ2v) is 3.56. The van der Waals surface area contributed by atoms with Gasteiger partial charge in [-0.1, -0.05) is 0 Å². The second kappa shape index (κ2) is 4.11. The molecular formula is C9H13F3O. The van der Waals surface area contributed by atoms with Crippen molar-refractivity contribution >= 4 is 5.78 Å². The maximum absolute atomic E-state index is 11.7. The Bertz CT molecular complexity index is 186. The van der Waals surface area contributed by atoms with Crippen LogP contribution in [0.1, 0.15) is 38.5 Å². The molecule has 1 fully saturated rings. The van der Waals surface area contributed by atoms with Crippen LogP contribution in [0.2, 0.25) is 0 Å². The molecule has 4 heteroatoms. The molecule has 0 saturated heterocycles. The molecule has 0 N–H and O–H groups in total. The number of carbonyl (C=O) groups excluding carboxylic acids is 1. The van der Waals surface area contributed by atoms with Crippen molar-refractivity contribution in [3.05, 3.63) is 0 Å². The Morgan fingerprint density at radius 2 is 2.08 bits per heavy atom. The van der Waals surface area contributed by atoms with Crippen LogP contribution >= 0.6 is 0 Å². The summed E-state index contributed by atoms with van der Waals surface area (Å²) in [6.45, 7) is 0. The van der Waals surface area contributed by atoms with Crippen molar-refractivity contribution < 1.29 is 18.0 Å². The van der Waals surface area contributed by atoms with Gasteiger partial charge in [0.15, 0.2) is 0 Å². The van der Waals surface area contributed by atoms with Gasteiger partial charge in [-0.25, -0.2) is 0 Å². The van der Waals surface area contributed by atoms with E-state index in [-0.39, 0.29) is 18.1 Å². The fourth-order valence-corrected chi connectivity index (χ4v) is 1.74. The number of hydrogen-bond donors (Lipinski definition) is 0. The van der Waals surface area contributed by atoms with E-state index in [1.165, 1.54) is 0 Å². The molecule has 76 valence electrons. The predicted molar refractivity (Wildman–Crippen MR) is 42.3 cm³/mol. The second-order valence-electron chi connectivity index (χ2n) is 3.56. The summed E-state index contributed by atoms with van der Waals surface area (Å²) < 4.78 is 35.2. The largest absolute Gasteiger partial charge is 0.389 e. The minimum absolute atomic E-state index is 0.0812.